The van der Waals surface area contributed by atoms with Crippen LogP contribution in [0.4, 0.5) is 11.4 Å². The Bertz CT molecular complexity index is 1760. The number of thiocarbonyl (C=S) groups is 1. The van der Waals surface area contributed by atoms with Crippen molar-refractivity contribution in [3.8, 4) is 0 Å². The van der Waals surface area contributed by atoms with E-state index in [9.17, 15) is 0 Å². The van der Waals surface area contributed by atoms with Gasteiger partial charge in [-0.15, -0.1) is 0 Å². The van der Waals surface area contributed by atoms with Crippen molar-refractivity contribution in [1.82, 2.24) is 19.9 Å². The second-order valence-electron chi connectivity index (χ2n) is 8.30. The van der Waals surface area contributed by atoms with Gasteiger partial charge >= 0.3 is 0 Å². The average molecular weight is 461 g/mol. The minimum Gasteiger partial charge on any atom is -0.332 e. The van der Waals surface area contributed by atoms with E-state index < -0.39 is 0 Å². The fraction of sp³-hybridized carbons (Fsp3) is 0.0741. The van der Waals surface area contributed by atoms with Gasteiger partial charge in [-0.1, -0.05) is 18.2 Å². The van der Waals surface area contributed by atoms with Crippen molar-refractivity contribution in [3.63, 3.8) is 0 Å². The maximum Gasteiger partial charge on any atom is 0.175 e. The van der Waals surface area contributed by atoms with Crippen molar-refractivity contribution in [2.24, 2.45) is 0 Å². The van der Waals surface area contributed by atoms with Crippen LogP contribution >= 0.6 is 12.2 Å². The molecule has 0 atom stereocenters. The van der Waals surface area contributed by atoms with E-state index in [1.54, 1.807) is 12.4 Å². The molecule has 0 fully saturated rings. The Hall–Kier alpha value is -4.23. The monoisotopic (exact) mass is 460 g/mol. The topological polar surface area (TPSA) is 75.6 Å². The molecule has 3 heterocycles. The van der Waals surface area contributed by atoms with Gasteiger partial charge in [-0.3, -0.25) is 9.97 Å². The average Bonchev–Trinajstić information content (AvgIpc) is 2.85. The molecule has 6 rings (SSSR count). The molecule has 164 valence electrons. The lowest BCUT2D eigenvalue weighted by Crippen LogP contribution is -2.19. The molecule has 0 saturated heterocycles. The summed E-state index contributed by atoms with van der Waals surface area (Å²) < 4.78 is 0. The van der Waals surface area contributed by atoms with Gasteiger partial charge < -0.3 is 10.6 Å². The van der Waals surface area contributed by atoms with Crippen LogP contribution in [0.2, 0.25) is 0 Å². The van der Waals surface area contributed by atoms with E-state index in [4.69, 9.17) is 22.2 Å². The van der Waals surface area contributed by atoms with Crippen LogP contribution in [0.1, 0.15) is 11.1 Å². The van der Waals surface area contributed by atoms with Crippen LogP contribution in [0.25, 0.3) is 43.9 Å². The Labute approximate surface area is 201 Å². The molecule has 0 aliphatic heterocycles. The zero-order valence-corrected chi connectivity index (χ0v) is 19.4. The summed E-state index contributed by atoms with van der Waals surface area (Å²) >= 11 is 5.53. The highest BCUT2D eigenvalue weighted by atomic mass is 32.1. The van der Waals surface area contributed by atoms with Crippen LogP contribution in [-0.4, -0.2) is 25.0 Å². The summed E-state index contributed by atoms with van der Waals surface area (Å²) in [6, 6.07) is 20.0. The van der Waals surface area contributed by atoms with E-state index in [-0.39, 0.29) is 0 Å². The number of hydrogen-bond acceptors (Lipinski definition) is 5. The van der Waals surface area contributed by atoms with Gasteiger partial charge in [-0.25, -0.2) is 9.97 Å². The molecule has 0 radical (unpaired) electrons. The second-order valence-corrected chi connectivity index (χ2v) is 8.71. The SMILES string of the molecule is Cc1ccc(NC(=S)Nc2ccc3nc4c5ncccc5c5cccnc5c4nc3c2)cc1C. The predicted molar refractivity (Wildman–Crippen MR) is 143 cm³/mol. The number of hydrogen-bond donors (Lipinski definition) is 2. The molecule has 0 bridgehead atoms. The van der Waals surface area contributed by atoms with Gasteiger partial charge in [0.15, 0.2) is 5.11 Å². The molecule has 0 saturated carbocycles. The largest absolute Gasteiger partial charge is 0.332 e. The highest BCUT2D eigenvalue weighted by Gasteiger charge is 2.14. The zero-order valence-electron chi connectivity index (χ0n) is 18.6. The third-order valence-electron chi connectivity index (χ3n) is 6.04. The Kier molecular flexibility index (Phi) is 4.78. The number of rotatable bonds is 2. The summed E-state index contributed by atoms with van der Waals surface area (Å²) in [6.45, 7) is 4.17. The first kappa shape index (κ1) is 20.4. The minimum atomic E-state index is 0.513. The van der Waals surface area contributed by atoms with Crippen molar-refractivity contribution in [2.75, 3.05) is 10.6 Å². The Morgan fingerprint density at radius 1 is 0.647 bits per heavy atom. The smallest absolute Gasteiger partial charge is 0.175 e. The Balaban J connectivity index is 1.42. The van der Waals surface area contributed by atoms with Crippen LogP contribution in [0.5, 0.6) is 0 Å². The summed E-state index contributed by atoms with van der Waals surface area (Å²) in [5, 5.41) is 9.05. The van der Waals surface area contributed by atoms with Crippen LogP contribution < -0.4 is 10.6 Å². The summed E-state index contributed by atoms with van der Waals surface area (Å²) in [6.07, 6.45) is 3.57. The van der Waals surface area contributed by atoms with E-state index in [1.165, 1.54) is 11.1 Å². The summed E-state index contributed by atoms with van der Waals surface area (Å²) in [5.41, 5.74) is 8.92. The third kappa shape index (κ3) is 3.47. The molecule has 0 amide bonds. The molecular weight excluding hydrogens is 440 g/mol. The molecular formula is C27H20N6S. The number of anilines is 2. The molecule has 0 aliphatic rings. The first-order chi connectivity index (χ1) is 16.6. The maximum absolute atomic E-state index is 5.53. The number of fused-ring (bicyclic) bond motifs is 7. The molecule has 2 N–H and O–H groups in total. The van der Waals surface area contributed by atoms with Crippen molar-refractivity contribution in [2.45, 2.75) is 13.8 Å². The van der Waals surface area contributed by atoms with Crippen molar-refractivity contribution in [3.05, 3.63) is 84.2 Å². The normalized spacial score (nSPS) is 11.4. The molecule has 0 unspecified atom stereocenters. The van der Waals surface area contributed by atoms with Gasteiger partial charge in [0.1, 0.15) is 11.0 Å². The first-order valence-electron chi connectivity index (χ1n) is 10.9. The van der Waals surface area contributed by atoms with E-state index >= 15 is 0 Å². The number of aromatic nitrogens is 4. The number of pyridine rings is 2. The van der Waals surface area contributed by atoms with Crippen LogP contribution in [0.15, 0.2) is 73.1 Å². The molecule has 6 nitrogen and oxygen atoms in total. The molecule has 6 aromatic rings. The lowest BCUT2D eigenvalue weighted by atomic mass is 10.1. The molecule has 0 aliphatic carbocycles. The van der Waals surface area contributed by atoms with E-state index in [2.05, 4.69) is 46.6 Å². The van der Waals surface area contributed by atoms with Gasteiger partial charge in [-0.2, -0.15) is 0 Å². The van der Waals surface area contributed by atoms with Gasteiger partial charge in [0.2, 0.25) is 0 Å². The fourth-order valence-electron chi connectivity index (χ4n) is 4.20. The summed E-state index contributed by atoms with van der Waals surface area (Å²) in [5.74, 6) is 0. The Morgan fingerprint density at radius 2 is 1.24 bits per heavy atom. The van der Waals surface area contributed by atoms with Crippen molar-refractivity contribution >= 4 is 72.6 Å². The highest BCUT2D eigenvalue weighted by molar-refractivity contribution is 7.80. The van der Waals surface area contributed by atoms with E-state index in [1.807, 2.05) is 48.5 Å². The Morgan fingerprint density at radius 3 is 1.88 bits per heavy atom. The van der Waals surface area contributed by atoms with Crippen molar-refractivity contribution in [1.29, 1.82) is 0 Å². The second kappa shape index (κ2) is 7.97. The standard InChI is InChI=1S/C27H20N6S/c1-15-7-8-17(13-16(15)2)30-27(34)31-18-9-10-21-22(14-18)33-26-24-20(6-4-12-29-24)19-5-3-11-28-23(19)25(26)32-21/h3-14H,1-2H3,(H2,30,31,34). The lowest BCUT2D eigenvalue weighted by Gasteiger charge is -2.13. The van der Waals surface area contributed by atoms with Crippen molar-refractivity contribution < 1.29 is 0 Å². The van der Waals surface area contributed by atoms with Crippen LogP contribution in [0.3, 0.4) is 0 Å². The molecule has 3 aromatic carbocycles. The lowest BCUT2D eigenvalue weighted by molar-refractivity contribution is 1.34. The molecule has 3 aromatic heterocycles. The predicted octanol–water partition coefficient (Wildman–Crippen LogP) is 6.31. The summed E-state index contributed by atoms with van der Waals surface area (Å²) in [4.78, 5) is 19.1. The van der Waals surface area contributed by atoms with Gasteiger partial charge in [0, 0.05) is 34.5 Å². The number of benzene rings is 3. The van der Waals surface area contributed by atoms with Crippen LogP contribution in [0, 0.1) is 13.8 Å². The third-order valence-corrected chi connectivity index (χ3v) is 6.25. The zero-order chi connectivity index (χ0) is 23.2. The summed E-state index contributed by atoms with van der Waals surface area (Å²) in [7, 11) is 0. The van der Waals surface area contributed by atoms with Gasteiger partial charge in [0.05, 0.1) is 22.1 Å². The molecule has 34 heavy (non-hydrogen) atoms. The van der Waals surface area contributed by atoms with Gasteiger partial charge in [0.25, 0.3) is 0 Å². The highest BCUT2D eigenvalue weighted by Crippen LogP contribution is 2.32. The molecule has 0 spiro atoms. The number of nitrogens with zero attached hydrogens (tertiary/aromatic N) is 4. The first-order valence-corrected chi connectivity index (χ1v) is 11.4. The van der Waals surface area contributed by atoms with Gasteiger partial charge in [-0.05, 0) is 79.7 Å². The minimum absolute atomic E-state index is 0.513. The molecule has 7 heteroatoms. The van der Waals surface area contributed by atoms with E-state index in [0.717, 1.165) is 55.2 Å². The fourth-order valence-corrected chi connectivity index (χ4v) is 4.43. The van der Waals surface area contributed by atoms with Crippen LogP contribution in [-0.2, 0) is 0 Å². The quantitative estimate of drug-likeness (QED) is 0.178. The van der Waals surface area contributed by atoms with E-state index in [0.29, 0.717) is 5.11 Å². The maximum atomic E-state index is 5.53. The number of aryl methyl sites for hydroxylation is 2. The number of nitrogens with one attached hydrogen (secondary N) is 2.